The first kappa shape index (κ1) is 17.4. The average Bonchev–Trinajstić information content (AvgIpc) is 2.49. The van der Waals surface area contributed by atoms with Gasteiger partial charge in [0.25, 0.3) is 0 Å². The van der Waals surface area contributed by atoms with Crippen molar-refractivity contribution in [2.45, 2.75) is 19.4 Å². The molecule has 0 atom stereocenters. The van der Waals surface area contributed by atoms with Crippen molar-refractivity contribution < 1.29 is 9.50 Å². The number of halogens is 1. The van der Waals surface area contributed by atoms with Crippen molar-refractivity contribution in [3.8, 4) is 12.8 Å². The van der Waals surface area contributed by atoms with Crippen molar-refractivity contribution in [2.24, 2.45) is 0 Å². The lowest BCUT2D eigenvalue weighted by Crippen LogP contribution is -2.29. The topological polar surface area (TPSA) is 70.1 Å². The lowest BCUT2D eigenvalue weighted by Gasteiger charge is -2.17. The molecule has 0 amide bonds. The largest absolute Gasteiger partial charge is 0.389 e. The van der Waals surface area contributed by atoms with Crippen molar-refractivity contribution in [1.82, 2.24) is 9.97 Å². The number of rotatable bonds is 5. The normalized spacial score (nSPS) is 10.3. The highest BCUT2D eigenvalue weighted by Crippen LogP contribution is 2.15. The van der Waals surface area contributed by atoms with Gasteiger partial charge in [0.15, 0.2) is 0 Å². The first-order chi connectivity index (χ1) is 10.4. The minimum Gasteiger partial charge on any atom is -0.389 e. The van der Waals surface area contributed by atoms with Crippen LogP contribution in [-0.4, -0.2) is 27.2 Å². The molecule has 0 saturated carbocycles. The molecule has 0 bridgehead atoms. The number of hydrogen-bond donors (Lipinski definition) is 3. The van der Waals surface area contributed by atoms with Crippen molar-refractivity contribution in [3.63, 3.8) is 0 Å². The number of benzene rings is 1. The molecular weight excluding hydrogens is 283 g/mol. The molecule has 1 heterocycles. The Morgan fingerprint density at radius 3 is 2.41 bits per heavy atom. The lowest BCUT2D eigenvalue weighted by atomic mass is 10.1. The maximum absolute atomic E-state index is 12.8. The zero-order valence-electron chi connectivity index (χ0n) is 12.5. The molecule has 6 heteroatoms. The Labute approximate surface area is 129 Å². The molecule has 0 aliphatic carbocycles. The van der Waals surface area contributed by atoms with Crippen molar-refractivity contribution in [2.75, 3.05) is 17.2 Å². The van der Waals surface area contributed by atoms with Gasteiger partial charge in [-0.1, -0.05) is 0 Å². The number of hydrogen-bond acceptors (Lipinski definition) is 5. The molecule has 0 aliphatic rings. The molecule has 1 aromatic heterocycles. The highest BCUT2D eigenvalue weighted by molar-refractivity contribution is 5.56. The van der Waals surface area contributed by atoms with Crippen LogP contribution in [0.15, 0.2) is 36.5 Å². The summed E-state index contributed by atoms with van der Waals surface area (Å²) in [4.78, 5) is 8.32. The van der Waals surface area contributed by atoms with Gasteiger partial charge in [0, 0.05) is 18.4 Å². The predicted octanol–water partition coefficient (Wildman–Crippen LogP) is 2.79. The monoisotopic (exact) mass is 302 g/mol. The van der Waals surface area contributed by atoms with Gasteiger partial charge in [-0.05, 0) is 44.2 Å². The number of aliphatic hydroxyl groups is 1. The summed E-state index contributed by atoms with van der Waals surface area (Å²) in [5.41, 5.74) is -0.109. The van der Waals surface area contributed by atoms with E-state index in [0.29, 0.717) is 18.3 Å². The fourth-order valence-electron chi connectivity index (χ4n) is 1.49. The van der Waals surface area contributed by atoms with Gasteiger partial charge < -0.3 is 15.7 Å². The fourth-order valence-corrected chi connectivity index (χ4v) is 1.49. The van der Waals surface area contributed by atoms with Gasteiger partial charge in [0.05, 0.1) is 5.60 Å². The molecule has 0 unspecified atom stereocenters. The van der Waals surface area contributed by atoms with E-state index < -0.39 is 5.60 Å². The van der Waals surface area contributed by atoms with Crippen LogP contribution in [0, 0.1) is 18.7 Å². The van der Waals surface area contributed by atoms with Crippen molar-refractivity contribution in [3.05, 3.63) is 42.3 Å². The van der Waals surface area contributed by atoms with Crippen LogP contribution < -0.4 is 10.6 Å². The molecule has 0 saturated heterocycles. The van der Waals surface area contributed by atoms with E-state index in [1.54, 1.807) is 38.2 Å². The smallest absolute Gasteiger partial charge is 0.224 e. The third-order valence-electron chi connectivity index (χ3n) is 2.45. The maximum Gasteiger partial charge on any atom is 0.224 e. The molecule has 2 aromatic rings. The van der Waals surface area contributed by atoms with E-state index >= 15 is 0 Å². The minimum atomic E-state index is -0.844. The number of nitrogens with zero attached hydrogens (tertiary/aromatic N) is 2. The summed E-state index contributed by atoms with van der Waals surface area (Å²) in [6.45, 7) is 3.73. The van der Waals surface area contributed by atoms with E-state index in [-0.39, 0.29) is 5.82 Å². The lowest BCUT2D eigenvalue weighted by molar-refractivity contribution is 0.0943. The second-order valence-corrected chi connectivity index (χ2v) is 5.06. The van der Waals surface area contributed by atoms with Gasteiger partial charge in [-0.2, -0.15) is 4.98 Å². The van der Waals surface area contributed by atoms with Crippen LogP contribution in [0.1, 0.15) is 13.8 Å². The number of nitrogens with one attached hydrogen (secondary N) is 2. The maximum atomic E-state index is 12.8. The van der Waals surface area contributed by atoms with E-state index in [2.05, 4.69) is 33.4 Å². The molecule has 5 nitrogen and oxygen atoms in total. The molecular formula is C16H19FN4O. The van der Waals surface area contributed by atoms with Crippen molar-refractivity contribution >= 4 is 17.5 Å². The number of aromatic nitrogens is 2. The standard InChI is InChI=1S/C14H17FN4O.C2H2/c1-14(2,20)9-17-13-16-8-7-12(19-13)18-11-5-3-10(15)4-6-11;1-2/h3-8,20H,9H2,1-2H3,(H2,16,17,18,19);1-2H. The van der Waals surface area contributed by atoms with Crippen LogP contribution in [0.2, 0.25) is 0 Å². The molecule has 0 aliphatic heterocycles. The Morgan fingerprint density at radius 2 is 1.82 bits per heavy atom. The summed E-state index contributed by atoms with van der Waals surface area (Å²) < 4.78 is 12.8. The minimum absolute atomic E-state index is 0.286. The highest BCUT2D eigenvalue weighted by atomic mass is 19.1. The summed E-state index contributed by atoms with van der Waals surface area (Å²) in [6.07, 6.45) is 9.60. The molecule has 0 radical (unpaired) electrons. The number of terminal acetylenes is 1. The zero-order chi connectivity index (χ0) is 16.6. The summed E-state index contributed by atoms with van der Waals surface area (Å²) >= 11 is 0. The zero-order valence-corrected chi connectivity index (χ0v) is 12.5. The molecule has 3 N–H and O–H groups in total. The second kappa shape index (κ2) is 7.96. The molecule has 1 aromatic carbocycles. The van der Waals surface area contributed by atoms with Gasteiger partial charge in [0.1, 0.15) is 11.6 Å². The number of anilines is 3. The van der Waals surface area contributed by atoms with Crippen LogP contribution >= 0.6 is 0 Å². The van der Waals surface area contributed by atoms with Crippen molar-refractivity contribution in [1.29, 1.82) is 0 Å². The van der Waals surface area contributed by atoms with Gasteiger partial charge in [0.2, 0.25) is 5.95 Å². The third-order valence-corrected chi connectivity index (χ3v) is 2.45. The molecule has 22 heavy (non-hydrogen) atoms. The molecule has 0 spiro atoms. The predicted molar refractivity (Wildman–Crippen MR) is 86.4 cm³/mol. The van der Waals surface area contributed by atoms with E-state index in [1.165, 1.54) is 12.1 Å². The van der Waals surface area contributed by atoms with Gasteiger partial charge >= 0.3 is 0 Å². The van der Waals surface area contributed by atoms with Crippen LogP contribution in [0.5, 0.6) is 0 Å². The SMILES string of the molecule is C#C.CC(C)(O)CNc1nccc(Nc2ccc(F)cc2)n1. The Kier molecular flexibility index (Phi) is 6.29. The highest BCUT2D eigenvalue weighted by Gasteiger charge is 2.12. The summed E-state index contributed by atoms with van der Waals surface area (Å²) in [7, 11) is 0. The Hall–Kier alpha value is -2.65. The van der Waals surface area contributed by atoms with Gasteiger partial charge in [-0.25, -0.2) is 9.37 Å². The first-order valence-corrected chi connectivity index (χ1v) is 6.58. The van der Waals surface area contributed by atoms with E-state index in [1.807, 2.05) is 0 Å². The molecule has 0 fully saturated rings. The fraction of sp³-hybridized carbons (Fsp3) is 0.250. The van der Waals surface area contributed by atoms with Crippen LogP contribution in [-0.2, 0) is 0 Å². The van der Waals surface area contributed by atoms with Crippen LogP contribution in [0.3, 0.4) is 0 Å². The Bertz CT molecular complexity index is 606. The van der Waals surface area contributed by atoms with E-state index in [4.69, 9.17) is 0 Å². The summed E-state index contributed by atoms with van der Waals surface area (Å²) in [6, 6.07) is 7.70. The van der Waals surface area contributed by atoms with Crippen LogP contribution in [0.25, 0.3) is 0 Å². The van der Waals surface area contributed by atoms with E-state index in [0.717, 1.165) is 5.69 Å². The Balaban J connectivity index is 0.00000116. The molecule has 116 valence electrons. The summed E-state index contributed by atoms with van der Waals surface area (Å²) in [5, 5.41) is 15.6. The van der Waals surface area contributed by atoms with Crippen LogP contribution in [0.4, 0.5) is 21.8 Å². The van der Waals surface area contributed by atoms with Gasteiger partial charge in [-0.15, -0.1) is 12.8 Å². The molecule has 2 rings (SSSR count). The Morgan fingerprint density at radius 1 is 1.18 bits per heavy atom. The summed E-state index contributed by atoms with van der Waals surface area (Å²) in [5.74, 6) is 0.717. The first-order valence-electron chi connectivity index (χ1n) is 6.58. The quantitative estimate of drug-likeness (QED) is 0.741. The van der Waals surface area contributed by atoms with E-state index in [9.17, 15) is 9.50 Å². The average molecular weight is 302 g/mol. The van der Waals surface area contributed by atoms with Gasteiger partial charge in [-0.3, -0.25) is 0 Å². The third kappa shape index (κ3) is 6.20. The second-order valence-electron chi connectivity index (χ2n) is 5.06.